The Labute approximate surface area is 130 Å². The lowest BCUT2D eigenvalue weighted by atomic mass is 10.0. The summed E-state index contributed by atoms with van der Waals surface area (Å²) in [5.74, 6) is -0.415. The van der Waals surface area contributed by atoms with Crippen LogP contribution in [0.3, 0.4) is 0 Å². The smallest absolute Gasteiger partial charge is 0.266 e. The molecule has 0 bridgehead atoms. The molecule has 110 valence electrons. The lowest BCUT2D eigenvalue weighted by Gasteiger charge is -2.12. The Kier molecular flexibility index (Phi) is 4.70. The van der Waals surface area contributed by atoms with E-state index in [1.807, 2.05) is 39.0 Å². The molecule has 0 fully saturated rings. The maximum absolute atomic E-state index is 12.3. The SMILES string of the molecule is Cc1cc(C)c(NC(=O)/C(C#N)=C/c2cccnc2)c(C)c1. The van der Waals surface area contributed by atoms with E-state index < -0.39 is 5.91 Å². The van der Waals surface area contributed by atoms with Crippen molar-refractivity contribution in [3.8, 4) is 6.07 Å². The van der Waals surface area contributed by atoms with Gasteiger partial charge in [-0.3, -0.25) is 9.78 Å². The summed E-state index contributed by atoms with van der Waals surface area (Å²) in [6.45, 7) is 5.88. The van der Waals surface area contributed by atoms with E-state index in [0.717, 1.165) is 22.4 Å². The van der Waals surface area contributed by atoms with Crippen molar-refractivity contribution in [2.75, 3.05) is 5.32 Å². The van der Waals surface area contributed by atoms with Crippen molar-refractivity contribution in [3.05, 3.63) is 64.5 Å². The number of hydrogen-bond donors (Lipinski definition) is 1. The largest absolute Gasteiger partial charge is 0.321 e. The van der Waals surface area contributed by atoms with E-state index in [9.17, 15) is 10.1 Å². The monoisotopic (exact) mass is 291 g/mol. The predicted molar refractivity (Wildman–Crippen MR) is 87.1 cm³/mol. The molecule has 1 N–H and O–H groups in total. The first kappa shape index (κ1) is 15.5. The Morgan fingerprint density at radius 3 is 2.50 bits per heavy atom. The summed E-state index contributed by atoms with van der Waals surface area (Å²) in [5, 5.41) is 12.0. The van der Waals surface area contributed by atoms with Crippen molar-refractivity contribution in [1.82, 2.24) is 4.98 Å². The number of carbonyl (C=O) groups is 1. The number of pyridine rings is 1. The normalized spacial score (nSPS) is 10.9. The van der Waals surface area contributed by atoms with Crippen LogP contribution in [0.4, 0.5) is 5.69 Å². The molecule has 2 rings (SSSR count). The van der Waals surface area contributed by atoms with Gasteiger partial charge < -0.3 is 5.32 Å². The molecular formula is C18H17N3O. The zero-order chi connectivity index (χ0) is 16.1. The van der Waals surface area contributed by atoms with E-state index >= 15 is 0 Å². The Balaban J connectivity index is 2.28. The summed E-state index contributed by atoms with van der Waals surface area (Å²) in [6.07, 6.45) is 4.77. The van der Waals surface area contributed by atoms with Crippen LogP contribution in [0.25, 0.3) is 6.08 Å². The zero-order valence-electron chi connectivity index (χ0n) is 12.8. The highest BCUT2D eigenvalue weighted by molar-refractivity contribution is 6.10. The number of aryl methyl sites for hydroxylation is 3. The minimum atomic E-state index is -0.415. The fourth-order valence-corrected chi connectivity index (χ4v) is 2.33. The van der Waals surface area contributed by atoms with Crippen molar-refractivity contribution < 1.29 is 4.79 Å². The summed E-state index contributed by atoms with van der Waals surface area (Å²) < 4.78 is 0. The van der Waals surface area contributed by atoms with Gasteiger partial charge >= 0.3 is 0 Å². The van der Waals surface area contributed by atoms with Crippen LogP contribution >= 0.6 is 0 Å². The van der Waals surface area contributed by atoms with Crippen LogP contribution in [-0.4, -0.2) is 10.9 Å². The first-order valence-electron chi connectivity index (χ1n) is 6.92. The average Bonchev–Trinajstić information content (AvgIpc) is 2.49. The van der Waals surface area contributed by atoms with Gasteiger partial charge in [0.05, 0.1) is 0 Å². The third-order valence-corrected chi connectivity index (χ3v) is 3.28. The van der Waals surface area contributed by atoms with Crippen LogP contribution in [0.15, 0.2) is 42.2 Å². The predicted octanol–water partition coefficient (Wildman–Crippen LogP) is 3.55. The van der Waals surface area contributed by atoms with Crippen LogP contribution in [0.1, 0.15) is 22.3 Å². The zero-order valence-corrected chi connectivity index (χ0v) is 12.8. The number of nitrogens with zero attached hydrogens (tertiary/aromatic N) is 2. The van der Waals surface area contributed by atoms with Gasteiger partial charge in [-0.15, -0.1) is 0 Å². The summed E-state index contributed by atoms with van der Waals surface area (Å²) in [6, 6.07) is 9.49. The van der Waals surface area contributed by atoms with E-state index in [1.54, 1.807) is 24.5 Å². The minimum Gasteiger partial charge on any atom is -0.321 e. The fourth-order valence-electron chi connectivity index (χ4n) is 2.33. The van der Waals surface area contributed by atoms with Gasteiger partial charge in [0.15, 0.2) is 0 Å². The highest BCUT2D eigenvalue weighted by Crippen LogP contribution is 2.22. The van der Waals surface area contributed by atoms with Crippen molar-refractivity contribution in [2.45, 2.75) is 20.8 Å². The second-order valence-electron chi connectivity index (χ2n) is 5.18. The lowest BCUT2D eigenvalue weighted by molar-refractivity contribution is -0.112. The molecule has 0 unspecified atom stereocenters. The molecule has 0 saturated carbocycles. The molecule has 1 aromatic heterocycles. The van der Waals surface area contributed by atoms with Gasteiger partial charge in [0.1, 0.15) is 11.6 Å². The third-order valence-electron chi connectivity index (χ3n) is 3.28. The second-order valence-corrected chi connectivity index (χ2v) is 5.18. The molecule has 22 heavy (non-hydrogen) atoms. The number of nitrogens with one attached hydrogen (secondary N) is 1. The summed E-state index contributed by atoms with van der Waals surface area (Å²) in [7, 11) is 0. The average molecular weight is 291 g/mol. The molecule has 0 aliphatic rings. The van der Waals surface area contributed by atoms with Gasteiger partial charge in [0.25, 0.3) is 5.91 Å². The molecule has 0 radical (unpaired) electrons. The molecule has 1 heterocycles. The maximum atomic E-state index is 12.3. The van der Waals surface area contributed by atoms with E-state index in [0.29, 0.717) is 5.56 Å². The molecule has 1 amide bonds. The Bertz CT molecular complexity index is 748. The number of nitriles is 1. The number of anilines is 1. The van der Waals surface area contributed by atoms with Gasteiger partial charge in [-0.2, -0.15) is 5.26 Å². The molecule has 0 atom stereocenters. The van der Waals surface area contributed by atoms with Crippen molar-refractivity contribution in [1.29, 1.82) is 5.26 Å². The van der Waals surface area contributed by atoms with Crippen LogP contribution in [0.2, 0.25) is 0 Å². The highest BCUT2D eigenvalue weighted by atomic mass is 16.1. The number of hydrogen-bond acceptors (Lipinski definition) is 3. The highest BCUT2D eigenvalue weighted by Gasteiger charge is 2.12. The number of rotatable bonds is 3. The first-order valence-corrected chi connectivity index (χ1v) is 6.92. The van der Waals surface area contributed by atoms with E-state index in [1.165, 1.54) is 6.08 Å². The Hall–Kier alpha value is -2.93. The van der Waals surface area contributed by atoms with Gasteiger partial charge in [-0.1, -0.05) is 23.8 Å². The third kappa shape index (κ3) is 3.58. The van der Waals surface area contributed by atoms with E-state index in [4.69, 9.17) is 0 Å². The molecule has 1 aromatic carbocycles. The van der Waals surface area contributed by atoms with Crippen molar-refractivity contribution >= 4 is 17.7 Å². The van der Waals surface area contributed by atoms with Gasteiger partial charge in [0, 0.05) is 18.1 Å². The Morgan fingerprint density at radius 1 is 1.27 bits per heavy atom. The summed E-state index contributed by atoms with van der Waals surface area (Å²) >= 11 is 0. The number of aromatic nitrogens is 1. The van der Waals surface area contributed by atoms with Crippen LogP contribution in [0, 0.1) is 32.1 Å². The molecule has 4 heteroatoms. The van der Waals surface area contributed by atoms with E-state index in [2.05, 4.69) is 10.3 Å². The maximum Gasteiger partial charge on any atom is 0.266 e. The molecule has 4 nitrogen and oxygen atoms in total. The Morgan fingerprint density at radius 2 is 1.95 bits per heavy atom. The van der Waals surface area contributed by atoms with Gasteiger partial charge in [-0.05, 0) is 49.6 Å². The molecule has 0 aliphatic carbocycles. The molecule has 0 aliphatic heterocycles. The molecule has 0 saturated heterocycles. The quantitative estimate of drug-likeness (QED) is 0.694. The molecule has 0 spiro atoms. The van der Waals surface area contributed by atoms with Crippen LogP contribution in [-0.2, 0) is 4.79 Å². The summed E-state index contributed by atoms with van der Waals surface area (Å²) in [5.41, 5.74) is 4.61. The topological polar surface area (TPSA) is 65.8 Å². The van der Waals surface area contributed by atoms with Crippen LogP contribution < -0.4 is 5.32 Å². The second kappa shape index (κ2) is 6.68. The molecular weight excluding hydrogens is 274 g/mol. The first-order chi connectivity index (χ1) is 10.5. The van der Waals surface area contributed by atoms with Crippen molar-refractivity contribution in [3.63, 3.8) is 0 Å². The number of carbonyl (C=O) groups excluding carboxylic acids is 1. The summed E-state index contributed by atoms with van der Waals surface area (Å²) in [4.78, 5) is 16.3. The van der Waals surface area contributed by atoms with Gasteiger partial charge in [0.2, 0.25) is 0 Å². The van der Waals surface area contributed by atoms with Crippen LogP contribution in [0.5, 0.6) is 0 Å². The van der Waals surface area contributed by atoms with Gasteiger partial charge in [-0.25, -0.2) is 0 Å². The fraction of sp³-hybridized carbons (Fsp3) is 0.167. The number of amides is 1. The van der Waals surface area contributed by atoms with E-state index in [-0.39, 0.29) is 5.57 Å². The standard InChI is InChI=1S/C18H17N3O/c1-12-7-13(2)17(14(3)8-12)21-18(22)16(10-19)9-15-5-4-6-20-11-15/h4-9,11H,1-3H3,(H,21,22)/b16-9+. The number of benzene rings is 1. The molecule has 2 aromatic rings. The van der Waals surface area contributed by atoms with Crippen molar-refractivity contribution in [2.24, 2.45) is 0 Å². The minimum absolute atomic E-state index is 0.0485. The lowest BCUT2D eigenvalue weighted by Crippen LogP contribution is -2.15.